The minimum atomic E-state index is 0. The molecule has 1 aliphatic carbocycles. The second-order valence-electron chi connectivity index (χ2n) is 6.33. The Morgan fingerprint density at radius 3 is 2.64 bits per heavy atom. The molecule has 1 aromatic carbocycles. The molecule has 0 radical (unpaired) electrons. The van der Waals surface area contributed by atoms with Gasteiger partial charge in [-0.05, 0) is 62.6 Å². The molecule has 6 heteroatoms. The largest absolute Gasteiger partial charge is 0.508 e. The number of aryl methyl sites for hydroxylation is 1. The van der Waals surface area contributed by atoms with Crippen LogP contribution >= 0.6 is 24.0 Å². The molecule has 1 aromatic rings. The number of hydrogen-bond donors (Lipinski definition) is 3. The monoisotopic (exact) mass is 461 g/mol. The van der Waals surface area contributed by atoms with Crippen LogP contribution in [0.25, 0.3) is 0 Å². The Hall–Kier alpha value is -1.02. The average molecular weight is 461 g/mol. The SMILES string of the molecule is CCNC(=NCCCc1ccc(O)cc1)NCCCOCC1CC1.I. The second-order valence-corrected chi connectivity index (χ2v) is 6.33. The minimum absolute atomic E-state index is 0. The van der Waals surface area contributed by atoms with Crippen LogP contribution in [0.3, 0.4) is 0 Å². The van der Waals surface area contributed by atoms with Crippen LogP contribution in [0.1, 0.15) is 38.2 Å². The molecule has 0 aliphatic heterocycles. The van der Waals surface area contributed by atoms with E-state index in [1.54, 1.807) is 12.1 Å². The molecule has 142 valence electrons. The van der Waals surface area contributed by atoms with Gasteiger partial charge in [-0.2, -0.15) is 0 Å². The van der Waals surface area contributed by atoms with Gasteiger partial charge in [0.1, 0.15) is 5.75 Å². The number of nitrogens with one attached hydrogen (secondary N) is 2. The van der Waals surface area contributed by atoms with Gasteiger partial charge in [0.2, 0.25) is 0 Å². The van der Waals surface area contributed by atoms with Gasteiger partial charge in [0, 0.05) is 32.8 Å². The van der Waals surface area contributed by atoms with E-state index in [1.807, 2.05) is 12.1 Å². The fraction of sp³-hybridized carbons (Fsp3) is 0.632. The molecule has 0 amide bonds. The van der Waals surface area contributed by atoms with Crippen molar-refractivity contribution in [1.82, 2.24) is 10.6 Å². The second kappa shape index (κ2) is 13.2. The number of rotatable bonds is 11. The molecule has 3 N–H and O–H groups in total. The topological polar surface area (TPSA) is 65.9 Å². The number of halogens is 1. The van der Waals surface area contributed by atoms with E-state index in [4.69, 9.17) is 4.74 Å². The minimum Gasteiger partial charge on any atom is -0.508 e. The number of hydrogen-bond acceptors (Lipinski definition) is 3. The third-order valence-electron chi connectivity index (χ3n) is 3.98. The van der Waals surface area contributed by atoms with Crippen molar-refractivity contribution in [3.63, 3.8) is 0 Å². The van der Waals surface area contributed by atoms with Gasteiger partial charge >= 0.3 is 0 Å². The molecule has 0 bridgehead atoms. The fourth-order valence-electron chi connectivity index (χ4n) is 2.39. The molecule has 1 fully saturated rings. The van der Waals surface area contributed by atoms with Crippen LogP contribution in [0.15, 0.2) is 29.3 Å². The predicted octanol–water partition coefficient (Wildman–Crippen LogP) is 3.31. The standard InChI is InChI=1S/C19H31N3O2.HI/c1-2-20-19(22-13-4-14-24-15-17-6-7-17)21-12-3-5-16-8-10-18(23)11-9-16;/h8-11,17,23H,2-7,12-15H2,1H3,(H2,20,21,22);1H. The third-order valence-corrected chi connectivity index (χ3v) is 3.98. The summed E-state index contributed by atoms with van der Waals surface area (Å²) in [4.78, 5) is 4.61. The Morgan fingerprint density at radius 1 is 1.20 bits per heavy atom. The lowest BCUT2D eigenvalue weighted by Crippen LogP contribution is -2.38. The molecule has 0 aromatic heterocycles. The van der Waals surface area contributed by atoms with Crippen molar-refractivity contribution in [1.29, 1.82) is 0 Å². The van der Waals surface area contributed by atoms with Gasteiger partial charge in [0.25, 0.3) is 0 Å². The number of guanidine groups is 1. The Morgan fingerprint density at radius 2 is 1.96 bits per heavy atom. The zero-order valence-electron chi connectivity index (χ0n) is 15.2. The number of aliphatic imine (C=N–C) groups is 1. The van der Waals surface area contributed by atoms with Gasteiger partial charge in [-0.15, -0.1) is 24.0 Å². The van der Waals surface area contributed by atoms with Crippen molar-refractivity contribution in [3.8, 4) is 5.75 Å². The first kappa shape index (κ1) is 22.0. The molecule has 25 heavy (non-hydrogen) atoms. The highest BCUT2D eigenvalue weighted by Gasteiger charge is 2.20. The predicted molar refractivity (Wildman–Crippen MR) is 114 cm³/mol. The summed E-state index contributed by atoms with van der Waals surface area (Å²) in [5.74, 6) is 2.03. The molecule has 1 aliphatic rings. The van der Waals surface area contributed by atoms with Crippen molar-refractivity contribution in [2.45, 2.75) is 39.0 Å². The quantitative estimate of drug-likeness (QED) is 0.205. The van der Waals surface area contributed by atoms with E-state index in [0.717, 1.165) is 64.0 Å². The van der Waals surface area contributed by atoms with E-state index >= 15 is 0 Å². The van der Waals surface area contributed by atoms with Crippen molar-refractivity contribution in [2.24, 2.45) is 10.9 Å². The maximum absolute atomic E-state index is 9.28. The maximum atomic E-state index is 9.28. The van der Waals surface area contributed by atoms with Gasteiger partial charge in [0.05, 0.1) is 0 Å². The van der Waals surface area contributed by atoms with Crippen molar-refractivity contribution in [3.05, 3.63) is 29.8 Å². The van der Waals surface area contributed by atoms with Gasteiger partial charge < -0.3 is 20.5 Å². The van der Waals surface area contributed by atoms with Gasteiger partial charge in [-0.3, -0.25) is 4.99 Å². The van der Waals surface area contributed by atoms with Crippen LogP contribution in [0.4, 0.5) is 0 Å². The molecule has 5 nitrogen and oxygen atoms in total. The van der Waals surface area contributed by atoms with Crippen LogP contribution in [0, 0.1) is 5.92 Å². The van der Waals surface area contributed by atoms with E-state index < -0.39 is 0 Å². The van der Waals surface area contributed by atoms with Crippen LogP contribution in [-0.4, -0.2) is 43.9 Å². The lowest BCUT2D eigenvalue weighted by Gasteiger charge is -2.11. The number of ether oxygens (including phenoxy) is 1. The highest BCUT2D eigenvalue weighted by molar-refractivity contribution is 14.0. The summed E-state index contributed by atoms with van der Waals surface area (Å²) in [5.41, 5.74) is 1.23. The van der Waals surface area contributed by atoms with Gasteiger partial charge in [-0.25, -0.2) is 0 Å². The lowest BCUT2D eigenvalue weighted by molar-refractivity contribution is 0.123. The Labute approximate surface area is 168 Å². The lowest BCUT2D eigenvalue weighted by atomic mass is 10.1. The highest BCUT2D eigenvalue weighted by Crippen LogP contribution is 2.28. The molecule has 0 heterocycles. The summed E-state index contributed by atoms with van der Waals surface area (Å²) in [6.45, 7) is 6.37. The molecule has 0 spiro atoms. The summed E-state index contributed by atoms with van der Waals surface area (Å²) in [5, 5.41) is 15.9. The summed E-state index contributed by atoms with van der Waals surface area (Å²) in [6, 6.07) is 7.39. The Bertz CT molecular complexity index is 490. The van der Waals surface area contributed by atoms with Crippen LogP contribution in [0.2, 0.25) is 0 Å². The molecule has 0 unspecified atom stereocenters. The van der Waals surface area contributed by atoms with Crippen molar-refractivity contribution >= 4 is 29.9 Å². The first-order valence-electron chi connectivity index (χ1n) is 9.15. The highest BCUT2D eigenvalue weighted by atomic mass is 127. The van der Waals surface area contributed by atoms with Crippen LogP contribution in [-0.2, 0) is 11.2 Å². The third kappa shape index (κ3) is 10.5. The Kier molecular flexibility index (Phi) is 11.6. The van der Waals surface area contributed by atoms with E-state index in [2.05, 4.69) is 22.5 Å². The first-order chi connectivity index (χ1) is 11.8. The van der Waals surface area contributed by atoms with Crippen molar-refractivity contribution in [2.75, 3.05) is 32.8 Å². The first-order valence-corrected chi connectivity index (χ1v) is 9.15. The number of phenolic OH excluding ortho intramolecular Hbond substituents is 1. The zero-order valence-corrected chi connectivity index (χ0v) is 17.5. The molecule has 0 saturated heterocycles. The number of benzene rings is 1. The maximum Gasteiger partial charge on any atom is 0.191 e. The summed E-state index contributed by atoms with van der Waals surface area (Å²) in [7, 11) is 0. The van der Waals surface area contributed by atoms with Crippen LogP contribution < -0.4 is 10.6 Å². The van der Waals surface area contributed by atoms with E-state index in [-0.39, 0.29) is 24.0 Å². The van der Waals surface area contributed by atoms with Crippen LogP contribution in [0.5, 0.6) is 5.75 Å². The average Bonchev–Trinajstić information content (AvgIpc) is 3.40. The molecular weight excluding hydrogens is 429 g/mol. The smallest absolute Gasteiger partial charge is 0.191 e. The van der Waals surface area contributed by atoms with Gasteiger partial charge in [0.15, 0.2) is 5.96 Å². The van der Waals surface area contributed by atoms with E-state index in [0.29, 0.717) is 5.75 Å². The number of phenols is 1. The summed E-state index contributed by atoms with van der Waals surface area (Å²) < 4.78 is 5.64. The fourth-order valence-corrected chi connectivity index (χ4v) is 2.39. The normalized spacial score (nSPS) is 14.0. The molecular formula is C19H32IN3O2. The number of nitrogens with zero attached hydrogens (tertiary/aromatic N) is 1. The molecule has 0 atom stereocenters. The zero-order chi connectivity index (χ0) is 17.0. The summed E-state index contributed by atoms with van der Waals surface area (Å²) >= 11 is 0. The number of aromatic hydroxyl groups is 1. The Balaban J connectivity index is 0.00000312. The van der Waals surface area contributed by atoms with E-state index in [9.17, 15) is 5.11 Å². The summed E-state index contributed by atoms with van der Waals surface area (Å²) in [6.07, 6.45) is 5.66. The van der Waals surface area contributed by atoms with Crippen molar-refractivity contribution < 1.29 is 9.84 Å². The molecule has 2 rings (SSSR count). The van der Waals surface area contributed by atoms with E-state index in [1.165, 1.54) is 18.4 Å². The molecule has 1 saturated carbocycles. The van der Waals surface area contributed by atoms with Gasteiger partial charge in [-0.1, -0.05) is 12.1 Å².